The Kier molecular flexibility index (Phi) is 5.19. The molecule has 0 aromatic heterocycles. The molecule has 1 aromatic carbocycles. The molecule has 20 heavy (non-hydrogen) atoms. The molecule has 1 aromatic rings. The van der Waals surface area contributed by atoms with Crippen molar-refractivity contribution in [1.82, 2.24) is 0 Å². The molecule has 0 unspecified atom stereocenters. The van der Waals surface area contributed by atoms with Crippen LogP contribution in [0.5, 0.6) is 0 Å². The van der Waals surface area contributed by atoms with E-state index < -0.39 is 0 Å². The zero-order chi connectivity index (χ0) is 14.6. The summed E-state index contributed by atoms with van der Waals surface area (Å²) < 4.78 is 5.93. The lowest BCUT2D eigenvalue weighted by molar-refractivity contribution is -0.0643. The van der Waals surface area contributed by atoms with Crippen molar-refractivity contribution in [2.75, 3.05) is 19.8 Å². The van der Waals surface area contributed by atoms with Crippen LogP contribution in [0.15, 0.2) is 30.3 Å². The van der Waals surface area contributed by atoms with Crippen molar-refractivity contribution in [3.8, 4) is 0 Å². The van der Waals surface area contributed by atoms with Crippen molar-refractivity contribution >= 4 is 0 Å². The first kappa shape index (κ1) is 15.5. The lowest BCUT2D eigenvalue weighted by Gasteiger charge is -2.47. The highest BCUT2D eigenvalue weighted by Gasteiger charge is 2.44. The van der Waals surface area contributed by atoms with E-state index in [9.17, 15) is 5.11 Å². The average Bonchev–Trinajstić information content (AvgIpc) is 2.49. The highest BCUT2D eigenvalue weighted by atomic mass is 16.5. The Bertz CT molecular complexity index is 403. The summed E-state index contributed by atoms with van der Waals surface area (Å²) in [7, 11) is 0. The molecule has 0 saturated carbocycles. The van der Waals surface area contributed by atoms with E-state index in [0.717, 1.165) is 19.4 Å². The Morgan fingerprint density at radius 1 is 1.35 bits per heavy atom. The summed E-state index contributed by atoms with van der Waals surface area (Å²) in [6, 6.07) is 10.5. The van der Waals surface area contributed by atoms with E-state index >= 15 is 0 Å². The summed E-state index contributed by atoms with van der Waals surface area (Å²) in [6.07, 6.45) is 2.12. The van der Waals surface area contributed by atoms with Crippen LogP contribution in [0.4, 0.5) is 0 Å². The second kappa shape index (κ2) is 6.70. The Hall–Kier alpha value is -0.900. The van der Waals surface area contributed by atoms with Gasteiger partial charge in [0.15, 0.2) is 0 Å². The minimum atomic E-state index is -0.0576. The number of rotatable bonds is 5. The zero-order valence-electron chi connectivity index (χ0n) is 12.6. The van der Waals surface area contributed by atoms with Crippen LogP contribution in [-0.2, 0) is 10.2 Å². The molecule has 0 amide bonds. The van der Waals surface area contributed by atoms with Gasteiger partial charge in [-0.2, -0.15) is 0 Å². The molecule has 3 N–H and O–H groups in total. The average molecular weight is 277 g/mol. The maximum Gasteiger partial charge on any atom is 0.0606 e. The maximum absolute atomic E-state index is 9.81. The summed E-state index contributed by atoms with van der Waals surface area (Å²) in [6.45, 7) is 5.78. The summed E-state index contributed by atoms with van der Waals surface area (Å²) in [4.78, 5) is 0. The van der Waals surface area contributed by atoms with Crippen LogP contribution in [0, 0.1) is 11.8 Å². The van der Waals surface area contributed by atoms with Crippen LogP contribution in [0.25, 0.3) is 0 Å². The molecule has 0 bridgehead atoms. The van der Waals surface area contributed by atoms with E-state index in [2.05, 4.69) is 38.1 Å². The normalized spacial score (nSPS) is 28.6. The number of ether oxygens (including phenoxy) is 1. The van der Waals surface area contributed by atoms with Gasteiger partial charge in [-0.25, -0.2) is 0 Å². The lowest BCUT2D eigenvalue weighted by Crippen LogP contribution is -2.49. The fraction of sp³-hybridized carbons (Fsp3) is 0.647. The number of nitrogens with two attached hydrogens (primary N) is 1. The molecule has 0 aliphatic carbocycles. The predicted molar refractivity (Wildman–Crippen MR) is 81.6 cm³/mol. The van der Waals surface area contributed by atoms with Gasteiger partial charge in [0.1, 0.15) is 0 Å². The molecular weight excluding hydrogens is 250 g/mol. The van der Waals surface area contributed by atoms with Gasteiger partial charge in [0.25, 0.3) is 0 Å². The number of benzene rings is 1. The van der Waals surface area contributed by atoms with E-state index in [1.54, 1.807) is 0 Å². The topological polar surface area (TPSA) is 55.5 Å². The highest BCUT2D eigenvalue weighted by Crippen LogP contribution is 2.44. The van der Waals surface area contributed by atoms with Crippen LogP contribution in [0.2, 0.25) is 0 Å². The quantitative estimate of drug-likeness (QED) is 0.868. The van der Waals surface area contributed by atoms with Gasteiger partial charge in [0, 0.05) is 24.5 Å². The molecule has 1 aliphatic rings. The van der Waals surface area contributed by atoms with Gasteiger partial charge >= 0.3 is 0 Å². The Balaban J connectivity index is 2.39. The van der Waals surface area contributed by atoms with Gasteiger partial charge in [-0.1, -0.05) is 44.2 Å². The third kappa shape index (κ3) is 2.90. The van der Waals surface area contributed by atoms with Gasteiger partial charge in [0.05, 0.1) is 6.10 Å². The fourth-order valence-corrected chi connectivity index (χ4v) is 3.45. The van der Waals surface area contributed by atoms with Gasteiger partial charge in [-0.15, -0.1) is 0 Å². The van der Waals surface area contributed by atoms with Gasteiger partial charge in [0.2, 0.25) is 0 Å². The van der Waals surface area contributed by atoms with Crippen molar-refractivity contribution in [1.29, 1.82) is 0 Å². The molecule has 2 rings (SSSR count). The second-order valence-electron chi connectivity index (χ2n) is 6.24. The second-order valence-corrected chi connectivity index (χ2v) is 6.24. The van der Waals surface area contributed by atoms with Crippen LogP contribution >= 0.6 is 0 Å². The molecule has 0 radical (unpaired) electrons. The Morgan fingerprint density at radius 3 is 2.60 bits per heavy atom. The molecule has 1 heterocycles. The van der Waals surface area contributed by atoms with Crippen molar-refractivity contribution < 1.29 is 9.84 Å². The van der Waals surface area contributed by atoms with Gasteiger partial charge in [-0.3, -0.25) is 0 Å². The van der Waals surface area contributed by atoms with E-state index in [4.69, 9.17) is 10.5 Å². The van der Waals surface area contributed by atoms with Crippen LogP contribution in [0.3, 0.4) is 0 Å². The molecule has 3 heteroatoms. The van der Waals surface area contributed by atoms with Crippen molar-refractivity contribution in [3.63, 3.8) is 0 Å². The van der Waals surface area contributed by atoms with Crippen LogP contribution < -0.4 is 5.73 Å². The minimum absolute atomic E-state index is 0.0576. The molecule has 1 fully saturated rings. The molecule has 112 valence electrons. The predicted octanol–water partition coefficient (Wildman–Crippen LogP) is 2.33. The largest absolute Gasteiger partial charge is 0.396 e. The summed E-state index contributed by atoms with van der Waals surface area (Å²) in [5.74, 6) is 0.575. The van der Waals surface area contributed by atoms with Crippen molar-refractivity contribution in [2.24, 2.45) is 17.6 Å². The monoisotopic (exact) mass is 277 g/mol. The lowest BCUT2D eigenvalue weighted by atomic mass is 9.63. The SMILES string of the molecule is CC(C)[C@@H]1C[C@](c2ccccc2)([C@@H](CN)CO)CCO1. The first-order chi connectivity index (χ1) is 9.64. The smallest absolute Gasteiger partial charge is 0.0606 e. The van der Waals surface area contributed by atoms with E-state index in [1.165, 1.54) is 5.56 Å². The summed E-state index contributed by atoms with van der Waals surface area (Å²) >= 11 is 0. The van der Waals surface area contributed by atoms with Crippen molar-refractivity contribution in [2.45, 2.75) is 38.2 Å². The third-order valence-corrected chi connectivity index (χ3v) is 4.82. The maximum atomic E-state index is 9.81. The number of hydrogen-bond donors (Lipinski definition) is 2. The van der Waals surface area contributed by atoms with Gasteiger partial charge in [-0.05, 0) is 30.9 Å². The standard InChI is InChI=1S/C17H27NO2/c1-13(2)16-10-17(8-9-20-16,15(11-18)12-19)14-6-4-3-5-7-14/h3-7,13,15-16,19H,8-12,18H2,1-2H3/t15-,16-,17+/m0/s1. The van der Waals surface area contributed by atoms with Crippen LogP contribution in [-0.4, -0.2) is 31.0 Å². The molecule has 1 saturated heterocycles. The van der Waals surface area contributed by atoms with E-state index in [1.807, 2.05) is 6.07 Å². The fourth-order valence-electron chi connectivity index (χ4n) is 3.45. The van der Waals surface area contributed by atoms with E-state index in [-0.39, 0.29) is 24.0 Å². The first-order valence-corrected chi connectivity index (χ1v) is 7.62. The molecule has 3 atom stereocenters. The van der Waals surface area contributed by atoms with E-state index in [0.29, 0.717) is 12.5 Å². The summed E-state index contributed by atoms with van der Waals surface area (Å²) in [5, 5.41) is 9.81. The zero-order valence-corrected chi connectivity index (χ0v) is 12.6. The molecule has 1 aliphatic heterocycles. The number of hydrogen-bond acceptors (Lipinski definition) is 3. The molecular formula is C17H27NO2. The number of aliphatic hydroxyl groups excluding tert-OH is 1. The Labute approximate surface area is 122 Å². The van der Waals surface area contributed by atoms with Crippen molar-refractivity contribution in [3.05, 3.63) is 35.9 Å². The molecule has 0 spiro atoms. The first-order valence-electron chi connectivity index (χ1n) is 7.62. The summed E-state index contributed by atoms with van der Waals surface area (Å²) in [5.41, 5.74) is 7.19. The number of aliphatic hydroxyl groups is 1. The minimum Gasteiger partial charge on any atom is -0.396 e. The van der Waals surface area contributed by atoms with Gasteiger partial charge < -0.3 is 15.6 Å². The van der Waals surface area contributed by atoms with Crippen LogP contribution in [0.1, 0.15) is 32.3 Å². The third-order valence-electron chi connectivity index (χ3n) is 4.82. The Morgan fingerprint density at radius 2 is 2.05 bits per heavy atom. The molecule has 3 nitrogen and oxygen atoms in total. The highest BCUT2D eigenvalue weighted by molar-refractivity contribution is 5.28.